The van der Waals surface area contributed by atoms with Gasteiger partial charge in [-0.15, -0.1) is 0 Å². The lowest BCUT2D eigenvalue weighted by Crippen LogP contribution is -2.16. The zero-order valence-corrected chi connectivity index (χ0v) is 10.6. The van der Waals surface area contributed by atoms with Crippen LogP contribution in [-0.4, -0.2) is 19.0 Å². The number of hydrogen-bond donors (Lipinski definition) is 1. The fourth-order valence-corrected chi connectivity index (χ4v) is 2.06. The Morgan fingerprint density at radius 2 is 1.80 bits per heavy atom. The van der Waals surface area contributed by atoms with Crippen molar-refractivity contribution in [3.63, 3.8) is 0 Å². The highest BCUT2D eigenvalue weighted by Gasteiger charge is 2.18. The minimum absolute atomic E-state index is 0.0177. The third-order valence-corrected chi connectivity index (χ3v) is 3.04. The van der Waals surface area contributed by atoms with Crippen LogP contribution in [0.15, 0.2) is 36.4 Å². The number of fused-ring (bicyclic) bond motifs is 1. The monoisotopic (exact) mass is 273 g/mol. The smallest absolute Gasteiger partial charge is 0.196 e. The Balaban J connectivity index is 1.98. The predicted octanol–water partition coefficient (Wildman–Crippen LogP) is 2.41. The van der Waals surface area contributed by atoms with Crippen LogP contribution in [0, 0.1) is 5.82 Å². The van der Waals surface area contributed by atoms with Gasteiger partial charge in [-0.2, -0.15) is 0 Å². The average Bonchev–Trinajstić information content (AvgIpc) is 2.46. The molecule has 0 saturated carbocycles. The molecule has 0 aliphatic carbocycles. The van der Waals surface area contributed by atoms with Crippen LogP contribution in [0.3, 0.4) is 0 Å². The van der Waals surface area contributed by atoms with Crippen molar-refractivity contribution >= 4 is 11.5 Å². The molecular weight excluding hydrogens is 261 g/mol. The first-order valence-electron chi connectivity index (χ1n) is 6.14. The van der Waals surface area contributed by atoms with E-state index in [1.165, 1.54) is 12.1 Å². The van der Waals surface area contributed by atoms with Gasteiger partial charge in [0, 0.05) is 11.3 Å². The van der Waals surface area contributed by atoms with Crippen molar-refractivity contribution in [1.82, 2.24) is 0 Å². The molecule has 0 unspecified atom stereocenters. The van der Waals surface area contributed by atoms with Gasteiger partial charge in [-0.05, 0) is 36.4 Å². The molecule has 0 bridgehead atoms. The second-order valence-electron chi connectivity index (χ2n) is 4.43. The molecule has 1 aliphatic heterocycles. The molecule has 2 aromatic carbocycles. The van der Waals surface area contributed by atoms with E-state index in [1.807, 2.05) is 0 Å². The Morgan fingerprint density at radius 1 is 1.05 bits per heavy atom. The van der Waals surface area contributed by atoms with E-state index in [-0.39, 0.29) is 11.3 Å². The number of halogens is 1. The third-order valence-electron chi connectivity index (χ3n) is 3.04. The first-order chi connectivity index (χ1) is 9.65. The highest BCUT2D eigenvalue weighted by molar-refractivity contribution is 6.09. The van der Waals surface area contributed by atoms with Crippen LogP contribution in [0.2, 0.25) is 0 Å². The van der Waals surface area contributed by atoms with E-state index < -0.39 is 11.6 Å². The SMILES string of the molecule is Nc1ccc(C(=O)c2ccc3c(c2)OCCO3)c(F)c1. The molecule has 0 amide bonds. The van der Waals surface area contributed by atoms with Crippen LogP contribution in [0.1, 0.15) is 15.9 Å². The van der Waals surface area contributed by atoms with E-state index in [0.717, 1.165) is 6.07 Å². The van der Waals surface area contributed by atoms with Gasteiger partial charge in [0.2, 0.25) is 0 Å². The lowest BCUT2D eigenvalue weighted by molar-refractivity contribution is 0.103. The van der Waals surface area contributed by atoms with E-state index in [0.29, 0.717) is 30.3 Å². The van der Waals surface area contributed by atoms with Crippen LogP contribution in [0.25, 0.3) is 0 Å². The summed E-state index contributed by atoms with van der Waals surface area (Å²) in [5, 5.41) is 0. The van der Waals surface area contributed by atoms with Gasteiger partial charge in [0.25, 0.3) is 0 Å². The number of nitrogen functional groups attached to an aromatic ring is 1. The van der Waals surface area contributed by atoms with Crippen molar-refractivity contribution in [1.29, 1.82) is 0 Å². The first-order valence-corrected chi connectivity index (χ1v) is 6.14. The standard InChI is InChI=1S/C15H12FNO3/c16-12-8-10(17)2-3-11(12)15(18)9-1-4-13-14(7-9)20-6-5-19-13/h1-4,7-8H,5-6,17H2. The topological polar surface area (TPSA) is 61.6 Å². The molecule has 102 valence electrons. The summed E-state index contributed by atoms with van der Waals surface area (Å²) < 4.78 is 24.6. The van der Waals surface area contributed by atoms with Gasteiger partial charge < -0.3 is 15.2 Å². The number of anilines is 1. The van der Waals surface area contributed by atoms with Crippen molar-refractivity contribution in [2.45, 2.75) is 0 Å². The number of rotatable bonds is 2. The zero-order chi connectivity index (χ0) is 14.1. The van der Waals surface area contributed by atoms with Gasteiger partial charge in [0.1, 0.15) is 19.0 Å². The molecule has 4 nitrogen and oxygen atoms in total. The van der Waals surface area contributed by atoms with Crippen molar-refractivity contribution in [3.8, 4) is 11.5 Å². The number of carbonyl (C=O) groups is 1. The van der Waals surface area contributed by atoms with Gasteiger partial charge in [-0.1, -0.05) is 0 Å². The number of carbonyl (C=O) groups excluding carboxylic acids is 1. The average molecular weight is 273 g/mol. The van der Waals surface area contributed by atoms with Crippen molar-refractivity contribution in [2.75, 3.05) is 18.9 Å². The number of ether oxygens (including phenoxy) is 2. The van der Waals surface area contributed by atoms with Crippen LogP contribution in [0.5, 0.6) is 11.5 Å². The van der Waals surface area contributed by atoms with Crippen LogP contribution in [-0.2, 0) is 0 Å². The summed E-state index contributed by atoms with van der Waals surface area (Å²) in [6, 6.07) is 8.80. The molecule has 2 N–H and O–H groups in total. The lowest BCUT2D eigenvalue weighted by Gasteiger charge is -2.18. The summed E-state index contributed by atoms with van der Waals surface area (Å²) in [6.07, 6.45) is 0. The summed E-state index contributed by atoms with van der Waals surface area (Å²) in [7, 11) is 0. The van der Waals surface area contributed by atoms with Gasteiger partial charge in [0.05, 0.1) is 5.56 Å². The second kappa shape index (κ2) is 4.85. The van der Waals surface area contributed by atoms with Crippen LogP contribution >= 0.6 is 0 Å². The van der Waals surface area contributed by atoms with Crippen LogP contribution in [0.4, 0.5) is 10.1 Å². The van der Waals surface area contributed by atoms with Crippen molar-refractivity contribution < 1.29 is 18.7 Å². The number of nitrogens with two attached hydrogens (primary N) is 1. The van der Waals surface area contributed by atoms with Gasteiger partial charge >= 0.3 is 0 Å². The Morgan fingerprint density at radius 3 is 2.55 bits per heavy atom. The molecule has 3 rings (SSSR count). The number of ketones is 1. The van der Waals surface area contributed by atoms with Crippen molar-refractivity contribution in [2.24, 2.45) is 0 Å². The maximum absolute atomic E-state index is 13.8. The second-order valence-corrected chi connectivity index (χ2v) is 4.43. The Labute approximate surface area is 114 Å². The van der Waals surface area contributed by atoms with Gasteiger partial charge in [-0.3, -0.25) is 4.79 Å². The molecule has 0 aromatic heterocycles. The highest BCUT2D eigenvalue weighted by atomic mass is 19.1. The van der Waals surface area contributed by atoms with Gasteiger partial charge in [0.15, 0.2) is 17.3 Å². The predicted molar refractivity (Wildman–Crippen MR) is 71.7 cm³/mol. The van der Waals surface area contributed by atoms with E-state index in [1.54, 1.807) is 18.2 Å². The fraction of sp³-hybridized carbons (Fsp3) is 0.133. The fourth-order valence-electron chi connectivity index (χ4n) is 2.06. The van der Waals surface area contributed by atoms with Crippen LogP contribution < -0.4 is 15.2 Å². The molecule has 0 fully saturated rings. The van der Waals surface area contributed by atoms with Gasteiger partial charge in [-0.25, -0.2) is 4.39 Å². The van der Waals surface area contributed by atoms with E-state index in [4.69, 9.17) is 15.2 Å². The van der Waals surface area contributed by atoms with E-state index in [9.17, 15) is 9.18 Å². The number of benzene rings is 2. The van der Waals surface area contributed by atoms with Crippen molar-refractivity contribution in [3.05, 3.63) is 53.3 Å². The molecule has 0 atom stereocenters. The molecular formula is C15H12FNO3. The summed E-state index contributed by atoms with van der Waals surface area (Å²) in [5.41, 5.74) is 6.08. The molecule has 1 aliphatic rings. The Kier molecular flexibility index (Phi) is 3.02. The molecule has 0 spiro atoms. The Bertz CT molecular complexity index is 685. The summed E-state index contributed by atoms with van der Waals surface area (Å²) >= 11 is 0. The minimum Gasteiger partial charge on any atom is -0.486 e. The molecule has 5 heteroatoms. The Hall–Kier alpha value is -2.56. The quantitative estimate of drug-likeness (QED) is 0.674. The summed E-state index contributed by atoms with van der Waals surface area (Å²) in [6.45, 7) is 0.910. The summed E-state index contributed by atoms with van der Waals surface area (Å²) in [4.78, 5) is 12.3. The largest absolute Gasteiger partial charge is 0.486 e. The normalized spacial score (nSPS) is 13.1. The number of hydrogen-bond acceptors (Lipinski definition) is 4. The maximum atomic E-state index is 13.8. The molecule has 0 radical (unpaired) electrons. The first kappa shape index (κ1) is 12.5. The summed E-state index contributed by atoms with van der Waals surface area (Å²) in [5.74, 6) is 0.0351. The molecule has 2 aromatic rings. The van der Waals surface area contributed by atoms with E-state index >= 15 is 0 Å². The maximum Gasteiger partial charge on any atom is 0.196 e. The van der Waals surface area contributed by atoms with E-state index in [2.05, 4.69) is 0 Å². The molecule has 0 saturated heterocycles. The third kappa shape index (κ3) is 2.18. The lowest BCUT2D eigenvalue weighted by atomic mass is 10.0. The zero-order valence-electron chi connectivity index (χ0n) is 10.6. The molecule has 1 heterocycles. The highest BCUT2D eigenvalue weighted by Crippen LogP contribution is 2.31. The minimum atomic E-state index is -0.634. The molecule has 20 heavy (non-hydrogen) atoms.